The lowest BCUT2D eigenvalue weighted by atomic mass is 10.0. The van der Waals surface area contributed by atoms with Crippen molar-refractivity contribution in [1.29, 1.82) is 5.26 Å². The van der Waals surface area contributed by atoms with Gasteiger partial charge < -0.3 is 0 Å². The fourth-order valence-electron chi connectivity index (χ4n) is 1.63. The minimum absolute atomic E-state index is 0.00905. The molecule has 2 aromatic carbocycles. The van der Waals surface area contributed by atoms with Crippen LogP contribution in [0.3, 0.4) is 0 Å². The number of rotatable bonds is 3. The van der Waals surface area contributed by atoms with E-state index >= 15 is 0 Å². The Bertz CT molecular complexity index is 584. The summed E-state index contributed by atoms with van der Waals surface area (Å²) in [5, 5.41) is 8.78. The molecule has 2 aromatic rings. The van der Waals surface area contributed by atoms with Crippen molar-refractivity contribution in [1.82, 2.24) is 0 Å². The third-order valence-corrected chi connectivity index (χ3v) is 3.35. The van der Waals surface area contributed by atoms with Crippen LogP contribution in [0, 0.1) is 11.3 Å². The van der Waals surface area contributed by atoms with Crippen molar-refractivity contribution in [2.45, 2.75) is 4.83 Å². The predicted molar refractivity (Wildman–Crippen MR) is 73.6 cm³/mol. The van der Waals surface area contributed by atoms with E-state index in [1.807, 2.05) is 18.2 Å². The summed E-state index contributed by atoms with van der Waals surface area (Å²) < 4.78 is 0. The topological polar surface area (TPSA) is 40.9 Å². The van der Waals surface area contributed by atoms with Gasteiger partial charge in [0.2, 0.25) is 0 Å². The van der Waals surface area contributed by atoms with Crippen molar-refractivity contribution in [3.63, 3.8) is 0 Å². The zero-order chi connectivity index (χ0) is 13.0. The first kappa shape index (κ1) is 12.5. The Hall–Kier alpha value is -1.92. The zero-order valence-corrected chi connectivity index (χ0v) is 11.1. The van der Waals surface area contributed by atoms with Crippen molar-refractivity contribution in [2.24, 2.45) is 0 Å². The van der Waals surface area contributed by atoms with Crippen LogP contribution in [0.4, 0.5) is 0 Å². The van der Waals surface area contributed by atoms with Crippen LogP contribution in [0.5, 0.6) is 0 Å². The normalized spacial score (nSPS) is 11.6. The summed E-state index contributed by atoms with van der Waals surface area (Å²) >= 11 is 3.25. The van der Waals surface area contributed by atoms with Crippen LogP contribution in [0.2, 0.25) is 0 Å². The molecule has 3 heteroatoms. The maximum Gasteiger partial charge on any atom is 0.193 e. The molecule has 2 rings (SSSR count). The number of halogens is 1. The Morgan fingerprint density at radius 2 is 1.56 bits per heavy atom. The van der Waals surface area contributed by atoms with Gasteiger partial charge in [-0.15, -0.1) is 0 Å². The highest BCUT2D eigenvalue weighted by atomic mass is 79.9. The first-order valence-corrected chi connectivity index (χ1v) is 6.37. The fraction of sp³-hybridized carbons (Fsp3) is 0.0667. The van der Waals surface area contributed by atoms with Crippen LogP contribution in [0.15, 0.2) is 54.6 Å². The van der Waals surface area contributed by atoms with Crippen LogP contribution in [0.1, 0.15) is 26.3 Å². The van der Waals surface area contributed by atoms with E-state index in [1.54, 1.807) is 36.4 Å². The minimum atomic E-state index is -0.335. The van der Waals surface area contributed by atoms with Gasteiger partial charge in [0.15, 0.2) is 5.78 Å². The molecule has 0 N–H and O–H groups in total. The highest BCUT2D eigenvalue weighted by Crippen LogP contribution is 2.22. The van der Waals surface area contributed by atoms with Gasteiger partial charge in [-0.2, -0.15) is 5.26 Å². The number of nitriles is 1. The zero-order valence-electron chi connectivity index (χ0n) is 9.51. The lowest BCUT2D eigenvalue weighted by Gasteiger charge is -2.04. The first-order valence-electron chi connectivity index (χ1n) is 5.46. The highest BCUT2D eigenvalue weighted by molar-refractivity contribution is 9.09. The molecule has 0 aromatic heterocycles. The minimum Gasteiger partial charge on any atom is -0.289 e. The molecule has 0 radical (unpaired) electrons. The van der Waals surface area contributed by atoms with Crippen molar-refractivity contribution in [2.75, 3.05) is 0 Å². The number of carbonyl (C=O) groups excluding carboxylic acids is 1. The van der Waals surface area contributed by atoms with Crippen LogP contribution in [-0.2, 0) is 0 Å². The van der Waals surface area contributed by atoms with E-state index in [2.05, 4.69) is 22.0 Å². The second-order valence-corrected chi connectivity index (χ2v) is 4.72. The monoisotopic (exact) mass is 299 g/mol. The Balaban J connectivity index is 2.26. The molecule has 18 heavy (non-hydrogen) atoms. The number of alkyl halides is 1. The molecule has 0 aliphatic rings. The van der Waals surface area contributed by atoms with E-state index in [9.17, 15) is 4.79 Å². The second-order valence-electron chi connectivity index (χ2n) is 3.81. The number of ketones is 1. The number of carbonyl (C=O) groups is 1. The summed E-state index contributed by atoms with van der Waals surface area (Å²) in [5.74, 6) is -0.00905. The molecule has 0 saturated heterocycles. The number of hydrogen-bond acceptors (Lipinski definition) is 2. The van der Waals surface area contributed by atoms with Gasteiger partial charge >= 0.3 is 0 Å². The molecule has 1 atom stereocenters. The molecule has 0 aliphatic carbocycles. The molecule has 0 saturated carbocycles. The lowest BCUT2D eigenvalue weighted by molar-refractivity contribution is 0.103. The van der Waals surface area contributed by atoms with Crippen molar-refractivity contribution < 1.29 is 4.79 Å². The highest BCUT2D eigenvalue weighted by Gasteiger charge is 2.10. The van der Waals surface area contributed by atoms with E-state index in [0.29, 0.717) is 11.1 Å². The average molecular weight is 300 g/mol. The molecule has 0 fully saturated rings. The first-order chi connectivity index (χ1) is 8.72. The van der Waals surface area contributed by atoms with Crippen molar-refractivity contribution in [3.8, 4) is 6.07 Å². The van der Waals surface area contributed by atoms with Crippen LogP contribution in [-0.4, -0.2) is 5.78 Å². The predicted octanol–water partition coefficient (Wildman–Crippen LogP) is 3.88. The van der Waals surface area contributed by atoms with Gasteiger partial charge in [0.1, 0.15) is 4.83 Å². The molecular weight excluding hydrogens is 290 g/mol. The smallest absolute Gasteiger partial charge is 0.193 e. The SMILES string of the molecule is N#CC(Br)c1ccc(C(=O)c2ccccc2)cc1. The van der Waals surface area contributed by atoms with Gasteiger partial charge in [-0.05, 0) is 5.56 Å². The maximum absolute atomic E-state index is 12.1. The summed E-state index contributed by atoms with van der Waals surface area (Å²) in [4.78, 5) is 11.8. The van der Waals surface area contributed by atoms with E-state index < -0.39 is 0 Å². The summed E-state index contributed by atoms with van der Waals surface area (Å²) in [6.45, 7) is 0. The quantitative estimate of drug-likeness (QED) is 0.637. The van der Waals surface area contributed by atoms with E-state index in [0.717, 1.165) is 5.56 Å². The standard InChI is InChI=1S/C15H10BrNO/c16-14(10-17)11-6-8-13(9-7-11)15(18)12-4-2-1-3-5-12/h1-9,14H. The van der Waals surface area contributed by atoms with Gasteiger partial charge in [-0.1, -0.05) is 70.5 Å². The van der Waals surface area contributed by atoms with E-state index in [-0.39, 0.29) is 10.6 Å². The molecule has 1 unspecified atom stereocenters. The van der Waals surface area contributed by atoms with Crippen LogP contribution < -0.4 is 0 Å². The van der Waals surface area contributed by atoms with E-state index in [1.165, 1.54) is 0 Å². The van der Waals surface area contributed by atoms with Gasteiger partial charge in [0.25, 0.3) is 0 Å². The summed E-state index contributed by atoms with van der Waals surface area (Å²) in [5.41, 5.74) is 2.14. The largest absolute Gasteiger partial charge is 0.289 e. The Labute approximate surface area is 114 Å². The molecule has 0 heterocycles. The maximum atomic E-state index is 12.1. The van der Waals surface area contributed by atoms with Gasteiger partial charge in [0.05, 0.1) is 6.07 Å². The molecule has 0 aliphatic heterocycles. The summed E-state index contributed by atoms with van der Waals surface area (Å²) in [7, 11) is 0. The van der Waals surface area contributed by atoms with Crippen molar-refractivity contribution in [3.05, 3.63) is 71.3 Å². The number of nitrogens with zero attached hydrogens (tertiary/aromatic N) is 1. The molecule has 0 bridgehead atoms. The Morgan fingerprint density at radius 3 is 2.11 bits per heavy atom. The number of hydrogen-bond donors (Lipinski definition) is 0. The molecule has 88 valence electrons. The second kappa shape index (κ2) is 5.61. The van der Waals surface area contributed by atoms with Gasteiger partial charge in [-0.25, -0.2) is 0 Å². The van der Waals surface area contributed by atoms with Gasteiger partial charge in [0, 0.05) is 11.1 Å². The van der Waals surface area contributed by atoms with E-state index in [4.69, 9.17) is 5.26 Å². The Morgan fingerprint density at radius 1 is 1.00 bits per heavy atom. The van der Waals surface area contributed by atoms with Crippen LogP contribution in [0.25, 0.3) is 0 Å². The van der Waals surface area contributed by atoms with Gasteiger partial charge in [-0.3, -0.25) is 4.79 Å². The molecular formula is C15H10BrNO. The summed E-state index contributed by atoms with van der Waals surface area (Å²) in [6.07, 6.45) is 0. The molecule has 0 spiro atoms. The lowest BCUT2D eigenvalue weighted by Crippen LogP contribution is -2.01. The molecule has 2 nitrogen and oxygen atoms in total. The number of benzene rings is 2. The third kappa shape index (κ3) is 2.66. The fourth-order valence-corrected chi connectivity index (χ4v) is 1.94. The third-order valence-electron chi connectivity index (χ3n) is 2.61. The average Bonchev–Trinajstić information content (AvgIpc) is 2.47. The summed E-state index contributed by atoms with van der Waals surface area (Å²) in [6, 6.07) is 18.3. The Kier molecular flexibility index (Phi) is 3.91. The molecule has 0 amide bonds. The van der Waals surface area contributed by atoms with Crippen LogP contribution >= 0.6 is 15.9 Å². The van der Waals surface area contributed by atoms with Crippen molar-refractivity contribution >= 4 is 21.7 Å².